The number of aliphatic hydroxyl groups excluding tert-OH is 2. The molecule has 0 aromatic heterocycles. The van der Waals surface area contributed by atoms with Crippen LogP contribution in [0.5, 0.6) is 0 Å². The third kappa shape index (κ3) is 8.76. The van der Waals surface area contributed by atoms with E-state index >= 15 is 0 Å². The number of carbonyl (C=O) groups is 1. The van der Waals surface area contributed by atoms with Crippen LogP contribution in [0.3, 0.4) is 0 Å². The Hall–Kier alpha value is -0.970. The summed E-state index contributed by atoms with van der Waals surface area (Å²) in [6.45, 7) is 2.12. The average molecular weight is 338 g/mol. The number of rotatable bonds is 12. The van der Waals surface area contributed by atoms with E-state index in [1.165, 1.54) is 0 Å². The molecular weight excluding hydrogens is 304 g/mol. The van der Waals surface area contributed by atoms with Gasteiger partial charge in [-0.25, -0.2) is 0 Å². The Bertz CT molecular complexity index is 400. The minimum Gasteiger partial charge on any atom is -0.393 e. The fraction of sp³-hybridized carbons (Fsp3) is 0.750. The summed E-state index contributed by atoms with van der Waals surface area (Å²) in [5, 5.41) is 27.4. The van der Waals surface area contributed by atoms with Crippen molar-refractivity contribution < 1.29 is 20.1 Å². The molecule has 0 aromatic carbocycles. The monoisotopic (exact) mass is 338 g/mol. The van der Waals surface area contributed by atoms with Gasteiger partial charge in [-0.05, 0) is 50.9 Å². The first-order valence-electron chi connectivity index (χ1n) is 9.43. The number of hydrogen-bond acceptors (Lipinski definition) is 4. The van der Waals surface area contributed by atoms with Crippen LogP contribution in [0.15, 0.2) is 24.3 Å². The normalized spacial score (nSPS) is 23.1. The van der Waals surface area contributed by atoms with Crippen LogP contribution in [0.25, 0.3) is 0 Å². The number of hydrogen-bond donors (Lipinski definition) is 3. The molecule has 0 spiro atoms. The minimum atomic E-state index is -1.22. The van der Waals surface area contributed by atoms with Crippen molar-refractivity contribution in [2.45, 2.75) is 83.5 Å². The van der Waals surface area contributed by atoms with Crippen molar-refractivity contribution in [3.63, 3.8) is 0 Å². The topological polar surface area (TPSA) is 77.8 Å². The molecule has 24 heavy (non-hydrogen) atoms. The van der Waals surface area contributed by atoms with Crippen LogP contribution >= 0.6 is 0 Å². The second-order valence-electron chi connectivity index (χ2n) is 6.85. The van der Waals surface area contributed by atoms with Gasteiger partial charge in [-0.2, -0.15) is 0 Å². The maximum atomic E-state index is 12.0. The van der Waals surface area contributed by atoms with E-state index in [1.807, 2.05) is 12.2 Å². The zero-order chi connectivity index (χ0) is 17.8. The molecule has 0 bridgehead atoms. The minimum absolute atomic E-state index is 0.0636. The van der Waals surface area contributed by atoms with Crippen molar-refractivity contribution in [2.24, 2.45) is 11.8 Å². The van der Waals surface area contributed by atoms with Crippen molar-refractivity contribution in [1.82, 2.24) is 0 Å². The first-order valence-corrected chi connectivity index (χ1v) is 9.43. The summed E-state index contributed by atoms with van der Waals surface area (Å²) in [7, 11) is 0. The SMILES string of the molecule is CCCCC(O)CC=C[C@H]1CCC(=O)[C@@H]1CC=CCCCC(O)O. The van der Waals surface area contributed by atoms with Gasteiger partial charge in [0.2, 0.25) is 0 Å². The fourth-order valence-corrected chi connectivity index (χ4v) is 3.22. The van der Waals surface area contributed by atoms with Gasteiger partial charge in [-0.15, -0.1) is 0 Å². The molecule has 1 saturated carbocycles. The molecule has 0 aliphatic heterocycles. The first kappa shape index (κ1) is 21.1. The standard InChI is InChI=1S/C20H34O4/c1-2-3-10-17(21)11-8-9-16-14-15-19(22)18(16)12-6-4-5-7-13-20(23)24/h4,6,8-9,16-18,20-21,23-24H,2-3,5,7,10-15H2,1H3/t16-,17?,18+/m0/s1. The Morgan fingerprint density at radius 2 is 1.92 bits per heavy atom. The van der Waals surface area contributed by atoms with Gasteiger partial charge >= 0.3 is 0 Å². The molecule has 1 rings (SSSR count). The van der Waals surface area contributed by atoms with Gasteiger partial charge in [0.1, 0.15) is 5.78 Å². The molecule has 0 saturated heterocycles. The van der Waals surface area contributed by atoms with Gasteiger partial charge in [0.15, 0.2) is 6.29 Å². The summed E-state index contributed by atoms with van der Waals surface area (Å²) in [5.41, 5.74) is 0. The molecule has 4 heteroatoms. The van der Waals surface area contributed by atoms with E-state index in [0.29, 0.717) is 31.0 Å². The molecule has 1 aliphatic rings. The van der Waals surface area contributed by atoms with Crippen LogP contribution in [0.2, 0.25) is 0 Å². The average Bonchev–Trinajstić information content (AvgIpc) is 2.89. The van der Waals surface area contributed by atoms with Crippen LogP contribution in [0.4, 0.5) is 0 Å². The maximum Gasteiger partial charge on any atom is 0.151 e. The van der Waals surface area contributed by atoms with Crippen LogP contribution in [-0.4, -0.2) is 33.5 Å². The molecule has 1 fully saturated rings. The van der Waals surface area contributed by atoms with Gasteiger partial charge in [0.05, 0.1) is 6.10 Å². The summed E-state index contributed by atoms with van der Waals surface area (Å²) in [5.74, 6) is 0.695. The highest BCUT2D eigenvalue weighted by molar-refractivity contribution is 5.83. The van der Waals surface area contributed by atoms with Gasteiger partial charge in [0.25, 0.3) is 0 Å². The molecule has 0 amide bonds. The van der Waals surface area contributed by atoms with E-state index in [1.54, 1.807) is 0 Å². The summed E-state index contributed by atoms with van der Waals surface area (Å²) in [4.78, 5) is 12.0. The summed E-state index contributed by atoms with van der Waals surface area (Å²) in [6.07, 6.45) is 14.7. The molecule has 3 N–H and O–H groups in total. The molecule has 1 unspecified atom stereocenters. The van der Waals surface area contributed by atoms with Crippen LogP contribution in [0, 0.1) is 11.8 Å². The predicted molar refractivity (Wildman–Crippen MR) is 96.3 cm³/mol. The van der Waals surface area contributed by atoms with Crippen molar-refractivity contribution in [2.75, 3.05) is 0 Å². The lowest BCUT2D eigenvalue weighted by molar-refractivity contribution is -0.120. The van der Waals surface area contributed by atoms with Gasteiger partial charge in [-0.3, -0.25) is 4.79 Å². The second kappa shape index (κ2) is 12.4. The number of carbonyl (C=O) groups excluding carboxylic acids is 1. The molecular formula is C20H34O4. The molecule has 0 aromatic rings. The summed E-state index contributed by atoms with van der Waals surface area (Å²) < 4.78 is 0. The quantitative estimate of drug-likeness (QED) is 0.289. The highest BCUT2D eigenvalue weighted by Gasteiger charge is 2.31. The van der Waals surface area contributed by atoms with Gasteiger partial charge < -0.3 is 15.3 Å². The summed E-state index contributed by atoms with van der Waals surface area (Å²) in [6, 6.07) is 0. The summed E-state index contributed by atoms with van der Waals surface area (Å²) >= 11 is 0. The van der Waals surface area contributed by atoms with E-state index in [0.717, 1.165) is 44.9 Å². The van der Waals surface area contributed by atoms with Gasteiger partial charge in [0, 0.05) is 12.3 Å². The van der Waals surface area contributed by atoms with Crippen molar-refractivity contribution >= 4 is 5.78 Å². The third-order valence-corrected chi connectivity index (χ3v) is 4.73. The van der Waals surface area contributed by atoms with Crippen molar-refractivity contribution in [3.8, 4) is 0 Å². The highest BCUT2D eigenvalue weighted by Crippen LogP contribution is 2.33. The molecule has 0 heterocycles. The Balaban J connectivity index is 2.33. The number of ketones is 1. The molecule has 3 atom stereocenters. The lowest BCUT2D eigenvalue weighted by atomic mass is 9.91. The Kier molecular flexibility index (Phi) is 10.9. The Labute approximate surface area is 146 Å². The third-order valence-electron chi connectivity index (χ3n) is 4.73. The first-order chi connectivity index (χ1) is 11.5. The van der Waals surface area contributed by atoms with E-state index in [2.05, 4.69) is 19.1 Å². The molecule has 0 radical (unpaired) electrons. The largest absolute Gasteiger partial charge is 0.393 e. The zero-order valence-corrected chi connectivity index (χ0v) is 14.9. The van der Waals surface area contributed by atoms with Crippen molar-refractivity contribution in [1.29, 1.82) is 0 Å². The zero-order valence-electron chi connectivity index (χ0n) is 14.9. The second-order valence-corrected chi connectivity index (χ2v) is 6.85. The predicted octanol–water partition coefficient (Wildman–Crippen LogP) is 3.51. The molecule has 1 aliphatic carbocycles. The number of Topliss-reactive ketones (excluding diaryl/α,β-unsaturated/α-hetero) is 1. The van der Waals surface area contributed by atoms with Crippen LogP contribution < -0.4 is 0 Å². The molecule has 4 nitrogen and oxygen atoms in total. The van der Waals surface area contributed by atoms with E-state index in [9.17, 15) is 9.90 Å². The van der Waals surface area contributed by atoms with Crippen LogP contribution in [0.1, 0.15) is 71.1 Å². The number of allylic oxidation sites excluding steroid dienone is 3. The lowest BCUT2D eigenvalue weighted by Gasteiger charge is -2.13. The van der Waals surface area contributed by atoms with E-state index < -0.39 is 6.29 Å². The maximum absolute atomic E-state index is 12.0. The number of aliphatic hydroxyl groups is 3. The highest BCUT2D eigenvalue weighted by atomic mass is 16.5. The van der Waals surface area contributed by atoms with E-state index in [-0.39, 0.29) is 12.0 Å². The van der Waals surface area contributed by atoms with Crippen LogP contribution in [-0.2, 0) is 4.79 Å². The van der Waals surface area contributed by atoms with Crippen molar-refractivity contribution in [3.05, 3.63) is 24.3 Å². The number of unbranched alkanes of at least 4 members (excludes halogenated alkanes) is 2. The Morgan fingerprint density at radius 1 is 1.12 bits per heavy atom. The van der Waals surface area contributed by atoms with Gasteiger partial charge in [-0.1, -0.05) is 44.1 Å². The smallest absolute Gasteiger partial charge is 0.151 e. The lowest BCUT2D eigenvalue weighted by Crippen LogP contribution is -2.12. The van der Waals surface area contributed by atoms with E-state index in [4.69, 9.17) is 10.2 Å². The molecule has 138 valence electrons. The Morgan fingerprint density at radius 3 is 2.62 bits per heavy atom. The fourth-order valence-electron chi connectivity index (χ4n) is 3.22.